The number of aromatic nitrogens is 1. The van der Waals surface area contributed by atoms with Crippen LogP contribution >= 0.6 is 11.8 Å². The summed E-state index contributed by atoms with van der Waals surface area (Å²) in [6, 6.07) is 0.635. The summed E-state index contributed by atoms with van der Waals surface area (Å²) in [5.74, 6) is 1.27. The number of thioether (sulfide) groups is 1. The fourth-order valence-corrected chi connectivity index (χ4v) is 2.20. The zero-order valence-corrected chi connectivity index (χ0v) is 11.7. The molecule has 0 unspecified atom stereocenters. The first kappa shape index (κ1) is 17.5. The molecule has 0 aliphatic heterocycles. The van der Waals surface area contributed by atoms with Crippen molar-refractivity contribution in [3.05, 3.63) is 28.1 Å². The lowest BCUT2D eigenvalue weighted by atomic mass is 10.2. The Kier molecular flexibility index (Phi) is 6.69. The highest BCUT2D eigenvalue weighted by atomic mass is 32.2. The summed E-state index contributed by atoms with van der Waals surface area (Å²) in [4.78, 5) is 13.0. The van der Waals surface area contributed by atoms with Crippen LogP contribution < -0.4 is 5.32 Å². The number of nitrogens with zero attached hydrogens (tertiary/aromatic N) is 2. The first-order valence-electron chi connectivity index (χ1n) is 6.00. The highest BCUT2D eigenvalue weighted by Crippen LogP contribution is 2.32. The van der Waals surface area contributed by atoms with Crippen LogP contribution in [0.4, 0.5) is 24.5 Å². The minimum Gasteiger partial charge on any atom is -0.396 e. The highest BCUT2D eigenvalue weighted by Gasteiger charge is 2.34. The van der Waals surface area contributed by atoms with E-state index in [2.05, 4.69) is 10.3 Å². The van der Waals surface area contributed by atoms with Gasteiger partial charge in [0.05, 0.1) is 4.92 Å². The van der Waals surface area contributed by atoms with Crippen LogP contribution in [0.3, 0.4) is 0 Å². The molecule has 1 rings (SSSR count). The van der Waals surface area contributed by atoms with E-state index in [0.717, 1.165) is 0 Å². The van der Waals surface area contributed by atoms with E-state index in [4.69, 9.17) is 5.11 Å². The number of hydrogen-bond donors (Lipinski definition) is 2. The van der Waals surface area contributed by atoms with Crippen molar-refractivity contribution >= 4 is 23.1 Å². The van der Waals surface area contributed by atoms with Gasteiger partial charge in [-0.05, 0) is 18.2 Å². The van der Waals surface area contributed by atoms with Crippen LogP contribution in [0.1, 0.15) is 12.1 Å². The van der Waals surface area contributed by atoms with E-state index in [1.807, 2.05) is 0 Å². The molecule has 0 atom stereocenters. The van der Waals surface area contributed by atoms with Crippen molar-refractivity contribution in [1.29, 1.82) is 0 Å². The molecule has 0 aromatic carbocycles. The molecular weight excluding hydrogens is 311 g/mol. The van der Waals surface area contributed by atoms with Crippen molar-refractivity contribution in [3.63, 3.8) is 0 Å². The molecule has 10 heteroatoms. The Bertz CT molecular complexity index is 486. The molecule has 0 fully saturated rings. The number of rotatable bonds is 8. The van der Waals surface area contributed by atoms with Gasteiger partial charge in [-0.2, -0.15) is 24.9 Å². The third-order valence-electron chi connectivity index (χ3n) is 2.38. The normalized spacial score (nSPS) is 11.4. The topological polar surface area (TPSA) is 88.3 Å². The summed E-state index contributed by atoms with van der Waals surface area (Å²) >= 11 is 1.49. The number of nitrogens with one attached hydrogen (secondary N) is 1. The molecule has 1 aromatic rings. The number of anilines is 1. The Morgan fingerprint density at radius 3 is 2.71 bits per heavy atom. The number of halogens is 3. The summed E-state index contributed by atoms with van der Waals surface area (Å²) in [5, 5.41) is 22.0. The molecular formula is C11H14F3N3O3S. The molecule has 0 bridgehead atoms. The number of pyridine rings is 1. The molecule has 6 nitrogen and oxygen atoms in total. The van der Waals surface area contributed by atoms with E-state index < -0.39 is 22.5 Å². The Morgan fingerprint density at radius 1 is 1.43 bits per heavy atom. The molecule has 21 heavy (non-hydrogen) atoms. The monoisotopic (exact) mass is 325 g/mol. The summed E-state index contributed by atoms with van der Waals surface area (Å²) in [5.41, 5.74) is -1.88. The standard InChI is InChI=1S/C11H14F3N3O3S/c12-11(13,14)10-6-8(9(7-16-10)17(19)20)15-2-5-21-4-1-3-18/h6-7,18H,1-5H2,(H,15,16). The zero-order valence-electron chi connectivity index (χ0n) is 10.9. The van der Waals surface area contributed by atoms with Gasteiger partial charge in [0.1, 0.15) is 17.6 Å². The maximum absolute atomic E-state index is 12.5. The predicted octanol–water partition coefficient (Wildman–Crippen LogP) is 2.54. The molecule has 0 amide bonds. The maximum atomic E-state index is 12.5. The van der Waals surface area contributed by atoms with Crippen LogP contribution in [0.2, 0.25) is 0 Å². The molecule has 118 valence electrons. The molecule has 0 aliphatic carbocycles. The van der Waals surface area contributed by atoms with Gasteiger partial charge in [0.25, 0.3) is 0 Å². The second-order valence-corrected chi connectivity index (χ2v) is 5.18. The molecule has 1 aromatic heterocycles. The van der Waals surface area contributed by atoms with Gasteiger partial charge in [-0.25, -0.2) is 4.98 Å². The fraction of sp³-hybridized carbons (Fsp3) is 0.545. The van der Waals surface area contributed by atoms with E-state index in [9.17, 15) is 23.3 Å². The number of hydrogen-bond acceptors (Lipinski definition) is 6. The van der Waals surface area contributed by atoms with Crippen LogP contribution in [0.5, 0.6) is 0 Å². The molecule has 2 N–H and O–H groups in total. The third-order valence-corrected chi connectivity index (χ3v) is 3.45. The molecule has 0 aliphatic rings. The van der Waals surface area contributed by atoms with Crippen molar-refractivity contribution in [2.45, 2.75) is 12.6 Å². The van der Waals surface area contributed by atoms with E-state index in [0.29, 0.717) is 30.2 Å². The Hall–Kier alpha value is -1.55. The maximum Gasteiger partial charge on any atom is 0.433 e. The molecule has 0 saturated carbocycles. The number of aliphatic hydroxyl groups excluding tert-OH is 1. The van der Waals surface area contributed by atoms with Crippen LogP contribution in [-0.2, 0) is 6.18 Å². The molecule has 1 heterocycles. The van der Waals surface area contributed by atoms with Crippen LogP contribution in [0, 0.1) is 10.1 Å². The predicted molar refractivity (Wildman–Crippen MR) is 73.4 cm³/mol. The first-order chi connectivity index (χ1) is 9.86. The minimum absolute atomic E-state index is 0.0746. The van der Waals surface area contributed by atoms with Crippen molar-refractivity contribution < 1.29 is 23.2 Å². The van der Waals surface area contributed by atoms with Gasteiger partial charge in [0, 0.05) is 18.9 Å². The van der Waals surface area contributed by atoms with Gasteiger partial charge in [-0.1, -0.05) is 0 Å². The van der Waals surface area contributed by atoms with Crippen molar-refractivity contribution in [2.75, 3.05) is 30.0 Å². The van der Waals surface area contributed by atoms with E-state index in [-0.39, 0.29) is 18.8 Å². The largest absolute Gasteiger partial charge is 0.433 e. The van der Waals surface area contributed by atoms with E-state index >= 15 is 0 Å². The first-order valence-corrected chi connectivity index (χ1v) is 7.16. The van der Waals surface area contributed by atoms with Crippen LogP contribution in [-0.4, -0.2) is 39.7 Å². The van der Waals surface area contributed by atoms with Gasteiger partial charge >= 0.3 is 11.9 Å². The van der Waals surface area contributed by atoms with E-state index in [1.54, 1.807) is 0 Å². The summed E-state index contributed by atoms with van der Waals surface area (Å²) in [6.45, 7) is 0.351. The van der Waals surface area contributed by atoms with Crippen molar-refractivity contribution in [3.8, 4) is 0 Å². The summed E-state index contributed by atoms with van der Waals surface area (Å²) in [6.07, 6.45) is -3.43. The SMILES string of the molecule is O=[N+]([O-])c1cnc(C(F)(F)F)cc1NCCSCCCO. The average molecular weight is 325 g/mol. The zero-order chi connectivity index (χ0) is 15.9. The second kappa shape index (κ2) is 8.03. The molecule has 0 saturated heterocycles. The van der Waals surface area contributed by atoms with Crippen molar-refractivity contribution in [1.82, 2.24) is 4.98 Å². The molecule has 0 radical (unpaired) electrons. The lowest BCUT2D eigenvalue weighted by Crippen LogP contribution is -2.12. The quantitative estimate of drug-likeness (QED) is 0.434. The van der Waals surface area contributed by atoms with E-state index in [1.165, 1.54) is 11.8 Å². The highest BCUT2D eigenvalue weighted by molar-refractivity contribution is 7.99. The smallest absolute Gasteiger partial charge is 0.396 e. The van der Waals surface area contributed by atoms with Gasteiger partial charge in [0.2, 0.25) is 0 Å². The van der Waals surface area contributed by atoms with Gasteiger partial charge in [-0.3, -0.25) is 10.1 Å². The number of aliphatic hydroxyl groups is 1. The van der Waals surface area contributed by atoms with Crippen molar-refractivity contribution in [2.24, 2.45) is 0 Å². The van der Waals surface area contributed by atoms with Crippen LogP contribution in [0.15, 0.2) is 12.3 Å². The second-order valence-electron chi connectivity index (χ2n) is 3.96. The lowest BCUT2D eigenvalue weighted by Gasteiger charge is -2.10. The Balaban J connectivity index is 2.71. The summed E-state index contributed by atoms with van der Waals surface area (Å²) < 4.78 is 37.6. The van der Waals surface area contributed by atoms with Gasteiger partial charge in [0.15, 0.2) is 0 Å². The van der Waals surface area contributed by atoms with Gasteiger partial charge < -0.3 is 10.4 Å². The Morgan fingerprint density at radius 2 is 2.14 bits per heavy atom. The fourth-order valence-electron chi connectivity index (χ4n) is 1.42. The average Bonchev–Trinajstić information content (AvgIpc) is 2.41. The third kappa shape index (κ3) is 5.76. The minimum atomic E-state index is -4.65. The Labute approximate surface area is 122 Å². The molecule has 0 spiro atoms. The lowest BCUT2D eigenvalue weighted by molar-refractivity contribution is -0.384. The summed E-state index contributed by atoms with van der Waals surface area (Å²) in [7, 11) is 0. The van der Waals surface area contributed by atoms with Gasteiger partial charge in [-0.15, -0.1) is 0 Å². The number of nitro groups is 1. The number of alkyl halides is 3. The van der Waals surface area contributed by atoms with Crippen LogP contribution in [0.25, 0.3) is 0 Å².